The lowest BCUT2D eigenvalue weighted by atomic mass is 10.2. The first-order valence-corrected chi connectivity index (χ1v) is 15.5. The van der Waals surface area contributed by atoms with E-state index in [2.05, 4.69) is 20.6 Å². The molecule has 2 aromatic heterocycles. The fourth-order valence-corrected chi connectivity index (χ4v) is 5.98. The molecule has 1 fully saturated rings. The number of amides is 3. The maximum Gasteiger partial charge on any atom is 0.297 e. The van der Waals surface area contributed by atoms with Crippen LogP contribution in [-0.4, -0.2) is 83.5 Å². The molecule has 3 amide bonds. The second-order valence-electron chi connectivity index (χ2n) is 10.9. The lowest BCUT2D eigenvalue weighted by Gasteiger charge is -2.22. The van der Waals surface area contributed by atoms with Gasteiger partial charge in [-0.05, 0) is 42.8 Å². The Labute approximate surface area is 276 Å². The lowest BCUT2D eigenvalue weighted by molar-refractivity contribution is -0.125. The van der Waals surface area contributed by atoms with Crippen molar-refractivity contribution in [1.82, 2.24) is 30.1 Å². The number of halogens is 2. The van der Waals surface area contributed by atoms with Crippen molar-refractivity contribution in [3.8, 4) is 11.8 Å². The Morgan fingerprint density at radius 3 is 2.67 bits per heavy atom. The van der Waals surface area contributed by atoms with Gasteiger partial charge < -0.3 is 25.0 Å². The maximum atomic E-state index is 13.0. The highest BCUT2D eigenvalue weighted by molar-refractivity contribution is 6.38. The number of nitrogens with one attached hydrogen (secondary N) is 2. The summed E-state index contributed by atoms with van der Waals surface area (Å²) in [5.74, 6) is -0.239. The van der Waals surface area contributed by atoms with Crippen LogP contribution in [0, 0.1) is 0 Å². The number of likely N-dealkylation sites (N-methyl/N-ethyl adjacent to an activating group) is 1. The number of benzene rings is 2. The number of anilines is 1. The van der Waals surface area contributed by atoms with Gasteiger partial charge in [-0.3, -0.25) is 28.8 Å². The maximum absolute atomic E-state index is 13.0. The summed E-state index contributed by atoms with van der Waals surface area (Å²) in [7, 11) is 3.14. The number of likely N-dealkylation sites (tertiary alicyclic amines) is 1. The van der Waals surface area contributed by atoms with Gasteiger partial charge in [0.15, 0.2) is 0 Å². The van der Waals surface area contributed by atoms with Crippen LogP contribution in [0.4, 0.5) is 5.69 Å². The van der Waals surface area contributed by atoms with Crippen LogP contribution in [0.1, 0.15) is 24.6 Å². The second kappa shape index (κ2) is 14.8. The normalized spacial score (nSPS) is 14.7. The molecule has 1 unspecified atom stereocenters. The van der Waals surface area contributed by atoms with Gasteiger partial charge >= 0.3 is 0 Å². The van der Waals surface area contributed by atoms with Gasteiger partial charge in [0, 0.05) is 49.9 Å². The molecule has 0 aliphatic carbocycles. The molecule has 1 atom stereocenters. The quantitative estimate of drug-likeness (QED) is 0.234. The summed E-state index contributed by atoms with van der Waals surface area (Å²) in [4.78, 5) is 49.2. The number of ether oxygens (including phenoxy) is 2. The average molecular weight is 669 g/mol. The molecule has 12 nitrogen and oxygen atoms in total. The number of hydrogen-bond acceptors (Lipinski definition) is 8. The van der Waals surface area contributed by atoms with E-state index in [-0.39, 0.29) is 48.5 Å². The van der Waals surface area contributed by atoms with Crippen LogP contribution in [0.2, 0.25) is 10.0 Å². The van der Waals surface area contributed by atoms with E-state index in [0.29, 0.717) is 53.2 Å². The van der Waals surface area contributed by atoms with Crippen LogP contribution in [-0.2, 0) is 27.5 Å². The average Bonchev–Trinajstić information content (AvgIpc) is 3.63. The van der Waals surface area contributed by atoms with E-state index in [4.69, 9.17) is 32.7 Å². The molecule has 46 heavy (non-hydrogen) atoms. The molecule has 2 aromatic carbocycles. The second-order valence-corrected chi connectivity index (χ2v) is 11.7. The Morgan fingerprint density at radius 2 is 1.93 bits per heavy atom. The van der Waals surface area contributed by atoms with Crippen molar-refractivity contribution in [2.75, 3.05) is 45.2 Å². The van der Waals surface area contributed by atoms with Crippen LogP contribution in [0.15, 0.2) is 54.7 Å². The number of aromatic nitrogens is 3. The predicted octanol–water partition coefficient (Wildman–Crippen LogP) is 3.66. The summed E-state index contributed by atoms with van der Waals surface area (Å²) in [5, 5.41) is 6.16. The van der Waals surface area contributed by atoms with Crippen molar-refractivity contribution >= 4 is 57.6 Å². The van der Waals surface area contributed by atoms with Crippen LogP contribution >= 0.6 is 23.2 Å². The van der Waals surface area contributed by atoms with Gasteiger partial charge in [-0.1, -0.05) is 35.3 Å². The summed E-state index contributed by atoms with van der Waals surface area (Å²) in [6, 6.07) is 15.0. The zero-order valence-electron chi connectivity index (χ0n) is 25.8. The monoisotopic (exact) mass is 667 g/mol. The van der Waals surface area contributed by atoms with Gasteiger partial charge in [0.05, 0.1) is 48.7 Å². The highest BCUT2D eigenvalue weighted by atomic mass is 35.5. The summed E-state index contributed by atoms with van der Waals surface area (Å²) in [6.45, 7) is 3.13. The molecule has 5 rings (SSSR count). The number of carbonyl (C=O) groups excluding carboxylic acids is 3. The predicted molar refractivity (Wildman–Crippen MR) is 175 cm³/mol. The Bertz CT molecular complexity index is 1730. The number of methoxy groups -OCH3 is 1. The van der Waals surface area contributed by atoms with Gasteiger partial charge in [-0.15, -0.1) is 0 Å². The molecule has 0 radical (unpaired) electrons. The summed E-state index contributed by atoms with van der Waals surface area (Å²) < 4.78 is 13.7. The smallest absolute Gasteiger partial charge is 0.297 e. The third kappa shape index (κ3) is 7.69. The third-order valence-electron chi connectivity index (χ3n) is 7.69. The van der Waals surface area contributed by atoms with Gasteiger partial charge in [0.25, 0.3) is 6.01 Å². The molecular weight excluding hydrogens is 633 g/mol. The molecule has 1 aliphatic rings. The summed E-state index contributed by atoms with van der Waals surface area (Å²) >= 11 is 13.3. The van der Waals surface area contributed by atoms with E-state index in [1.807, 2.05) is 39.8 Å². The van der Waals surface area contributed by atoms with Gasteiger partial charge in [-0.25, -0.2) is 0 Å². The molecule has 4 aromatic rings. The van der Waals surface area contributed by atoms with Crippen molar-refractivity contribution in [2.24, 2.45) is 0 Å². The van der Waals surface area contributed by atoms with Crippen molar-refractivity contribution in [3.63, 3.8) is 0 Å². The number of hydrogen-bond donors (Lipinski definition) is 2. The fraction of sp³-hybridized carbons (Fsp3) is 0.344. The number of imidazole rings is 1. The molecular formula is C32H35Cl2N7O5. The van der Waals surface area contributed by atoms with E-state index in [1.54, 1.807) is 38.6 Å². The molecule has 1 saturated heterocycles. The molecule has 1 aliphatic heterocycles. The molecule has 0 saturated carbocycles. The van der Waals surface area contributed by atoms with E-state index < -0.39 is 0 Å². The molecule has 0 bridgehead atoms. The Hall–Kier alpha value is -4.39. The van der Waals surface area contributed by atoms with Crippen molar-refractivity contribution < 1.29 is 23.9 Å². The number of pyridine rings is 1. The standard InChI is InChI=1S/C32H35Cl2N7O5/c1-20(42)37-22-12-14-40(16-22)18-28(43)36-15-29(44)39(2)25-11-10-24(33)23(30(25)34)19-46-27-9-6-8-26-31(27)38-32(45-3)41(26)17-21-7-4-5-13-35-21/h4-11,13,22H,12,14-19H2,1-3H3,(H,36,43)(H,37,42). The van der Waals surface area contributed by atoms with Crippen LogP contribution in [0.5, 0.6) is 11.8 Å². The Kier molecular flexibility index (Phi) is 10.6. The fourth-order valence-electron chi connectivity index (χ4n) is 5.37. The first kappa shape index (κ1) is 33.0. The van der Waals surface area contributed by atoms with E-state index >= 15 is 0 Å². The molecule has 2 N–H and O–H groups in total. The number of nitrogens with zero attached hydrogens (tertiary/aromatic N) is 5. The SMILES string of the molecule is COc1nc2c(OCc3c(Cl)ccc(N(C)C(=O)CNC(=O)CN4CCC(NC(C)=O)C4)c3Cl)cccc2n1Cc1ccccn1. The number of fused-ring (bicyclic) bond motifs is 1. The van der Waals surface area contributed by atoms with E-state index in [1.165, 1.54) is 11.8 Å². The van der Waals surface area contributed by atoms with Gasteiger partial charge in [-0.2, -0.15) is 4.98 Å². The lowest BCUT2D eigenvalue weighted by Crippen LogP contribution is -2.43. The van der Waals surface area contributed by atoms with Gasteiger partial charge in [0.1, 0.15) is 17.9 Å². The topological polar surface area (TPSA) is 131 Å². The van der Waals surface area contributed by atoms with Gasteiger partial charge in [0.2, 0.25) is 17.7 Å². The largest absolute Gasteiger partial charge is 0.486 e. The molecule has 0 spiro atoms. The Morgan fingerprint density at radius 1 is 1.11 bits per heavy atom. The summed E-state index contributed by atoms with van der Waals surface area (Å²) in [5.41, 5.74) is 3.16. The zero-order valence-corrected chi connectivity index (χ0v) is 27.3. The molecule has 242 valence electrons. The van der Waals surface area contributed by atoms with Crippen LogP contribution in [0.3, 0.4) is 0 Å². The first-order valence-electron chi connectivity index (χ1n) is 14.7. The molecule has 3 heterocycles. The van der Waals surface area contributed by atoms with Crippen molar-refractivity contribution in [2.45, 2.75) is 32.5 Å². The Balaban J connectivity index is 1.23. The first-order chi connectivity index (χ1) is 22.1. The number of rotatable bonds is 12. The minimum atomic E-state index is -0.364. The van der Waals surface area contributed by atoms with E-state index in [9.17, 15) is 14.4 Å². The van der Waals surface area contributed by atoms with Crippen molar-refractivity contribution in [3.05, 3.63) is 76.0 Å². The van der Waals surface area contributed by atoms with Crippen molar-refractivity contribution in [1.29, 1.82) is 0 Å². The summed E-state index contributed by atoms with van der Waals surface area (Å²) in [6.07, 6.45) is 2.51. The number of para-hydroxylation sites is 1. The minimum Gasteiger partial charge on any atom is -0.486 e. The minimum absolute atomic E-state index is 0.00805. The highest BCUT2D eigenvalue weighted by Crippen LogP contribution is 2.36. The zero-order chi connectivity index (χ0) is 32.8. The number of carbonyl (C=O) groups is 3. The van der Waals surface area contributed by atoms with Crippen LogP contribution < -0.4 is 25.0 Å². The molecule has 14 heteroatoms. The third-order valence-corrected chi connectivity index (χ3v) is 8.47. The highest BCUT2D eigenvalue weighted by Gasteiger charge is 2.25. The van der Waals surface area contributed by atoms with Crippen LogP contribution in [0.25, 0.3) is 11.0 Å². The van der Waals surface area contributed by atoms with E-state index in [0.717, 1.165) is 17.6 Å².